The van der Waals surface area contributed by atoms with Crippen molar-refractivity contribution >= 4 is 20.2 Å². The maximum atomic E-state index is 11.9. The van der Waals surface area contributed by atoms with Crippen LogP contribution in [0.3, 0.4) is 0 Å². The highest BCUT2D eigenvalue weighted by Gasteiger charge is 2.25. The summed E-state index contributed by atoms with van der Waals surface area (Å²) in [6.07, 6.45) is -0.0487. The van der Waals surface area contributed by atoms with E-state index in [1.54, 1.807) is 24.3 Å². The molecule has 2 N–H and O–H groups in total. The minimum atomic E-state index is -4.50. The number of hydrogen-bond donors (Lipinski definition) is 2. The van der Waals surface area contributed by atoms with Crippen LogP contribution in [0.15, 0.2) is 46.2 Å². The molecular weight excluding hydrogens is 388 g/mol. The van der Waals surface area contributed by atoms with Crippen molar-refractivity contribution in [3.05, 3.63) is 58.7 Å². The molecular formula is C19H24O6S2. The van der Waals surface area contributed by atoms with Gasteiger partial charge in [-0.25, -0.2) is 0 Å². The van der Waals surface area contributed by atoms with Crippen LogP contribution < -0.4 is 0 Å². The first-order valence-electron chi connectivity index (χ1n) is 8.52. The fraction of sp³-hybridized carbons (Fsp3) is 0.368. The van der Waals surface area contributed by atoms with Crippen LogP contribution in [0.2, 0.25) is 0 Å². The van der Waals surface area contributed by atoms with E-state index in [-0.39, 0.29) is 28.0 Å². The normalized spacial score (nSPS) is 12.7. The third kappa shape index (κ3) is 4.76. The van der Waals surface area contributed by atoms with E-state index in [9.17, 15) is 25.9 Å². The van der Waals surface area contributed by atoms with E-state index >= 15 is 0 Å². The van der Waals surface area contributed by atoms with Crippen LogP contribution in [0.1, 0.15) is 61.8 Å². The highest BCUT2D eigenvalue weighted by atomic mass is 32.2. The topological polar surface area (TPSA) is 109 Å². The van der Waals surface area contributed by atoms with Crippen molar-refractivity contribution in [2.24, 2.45) is 0 Å². The van der Waals surface area contributed by atoms with Crippen molar-refractivity contribution in [3.63, 3.8) is 0 Å². The lowest BCUT2D eigenvalue weighted by atomic mass is 9.89. The zero-order valence-electron chi connectivity index (χ0n) is 15.7. The van der Waals surface area contributed by atoms with E-state index in [1.807, 2.05) is 27.7 Å². The molecule has 0 bridgehead atoms. The first kappa shape index (κ1) is 21.6. The molecule has 8 heteroatoms. The lowest BCUT2D eigenvalue weighted by Crippen LogP contribution is -2.12. The molecule has 0 saturated carbocycles. The highest BCUT2D eigenvalue weighted by molar-refractivity contribution is 7.86. The molecule has 0 heterocycles. The standard InChI is InChI=1S/C19H24O6S2/c1-12(2)14-7-5-9-18(26(20,21)22)16(14)11-17-15(13(3)4)8-6-10-19(17)27(23,24)25/h5-10,12-13H,11H2,1-4H3,(H,20,21,22)(H,23,24,25). The fourth-order valence-corrected chi connectivity index (χ4v) is 4.79. The average molecular weight is 413 g/mol. The zero-order valence-corrected chi connectivity index (χ0v) is 17.3. The van der Waals surface area contributed by atoms with Crippen molar-refractivity contribution in [1.82, 2.24) is 0 Å². The predicted octanol–water partition coefficient (Wildman–Crippen LogP) is 4.02. The Morgan fingerprint density at radius 2 is 1.04 bits per heavy atom. The molecule has 0 aliphatic carbocycles. The summed E-state index contributed by atoms with van der Waals surface area (Å²) >= 11 is 0. The fourth-order valence-electron chi connectivity index (χ4n) is 3.29. The average Bonchev–Trinajstić information content (AvgIpc) is 2.52. The third-order valence-electron chi connectivity index (χ3n) is 4.49. The van der Waals surface area contributed by atoms with Crippen molar-refractivity contribution in [3.8, 4) is 0 Å². The minimum Gasteiger partial charge on any atom is -0.282 e. The molecule has 0 aliphatic rings. The molecule has 0 amide bonds. The van der Waals surface area contributed by atoms with Crippen molar-refractivity contribution in [2.45, 2.75) is 55.7 Å². The van der Waals surface area contributed by atoms with Gasteiger partial charge in [0, 0.05) is 6.42 Å². The summed E-state index contributed by atoms with van der Waals surface area (Å²) in [5.74, 6) is -0.107. The zero-order chi connectivity index (χ0) is 20.6. The van der Waals surface area contributed by atoms with Gasteiger partial charge in [0.25, 0.3) is 20.2 Å². The summed E-state index contributed by atoms with van der Waals surface area (Å²) < 4.78 is 67.0. The molecule has 0 aliphatic heterocycles. The molecule has 0 atom stereocenters. The molecule has 148 valence electrons. The third-order valence-corrected chi connectivity index (χ3v) is 6.37. The summed E-state index contributed by atoms with van der Waals surface area (Å²) in [7, 11) is -9.01. The van der Waals surface area contributed by atoms with Gasteiger partial charge in [-0.3, -0.25) is 9.11 Å². The molecule has 0 fully saturated rings. The number of benzene rings is 2. The summed E-state index contributed by atoms with van der Waals surface area (Å²) in [4.78, 5) is -0.512. The maximum Gasteiger partial charge on any atom is 0.294 e. The van der Waals surface area contributed by atoms with Crippen LogP contribution in [-0.4, -0.2) is 25.9 Å². The van der Waals surface area contributed by atoms with Crippen LogP contribution in [0.25, 0.3) is 0 Å². The first-order valence-corrected chi connectivity index (χ1v) is 11.4. The predicted molar refractivity (Wildman–Crippen MR) is 103 cm³/mol. The Bertz CT molecular complexity index is 966. The molecule has 0 aromatic heterocycles. The second-order valence-electron chi connectivity index (χ2n) is 7.08. The van der Waals surface area contributed by atoms with E-state index in [0.717, 1.165) is 0 Å². The first-order chi connectivity index (χ1) is 12.3. The van der Waals surface area contributed by atoms with E-state index in [2.05, 4.69) is 0 Å². The minimum absolute atomic E-state index is 0.0487. The molecule has 0 spiro atoms. The summed E-state index contributed by atoms with van der Waals surface area (Å²) in [6, 6.07) is 9.17. The molecule has 0 unspecified atom stereocenters. The molecule has 6 nitrogen and oxygen atoms in total. The van der Waals surface area contributed by atoms with Gasteiger partial charge in [-0.1, -0.05) is 52.0 Å². The lowest BCUT2D eigenvalue weighted by Gasteiger charge is -2.20. The summed E-state index contributed by atoms with van der Waals surface area (Å²) in [5, 5.41) is 0. The van der Waals surface area contributed by atoms with Crippen molar-refractivity contribution in [2.75, 3.05) is 0 Å². The molecule has 0 saturated heterocycles. The van der Waals surface area contributed by atoms with E-state index in [4.69, 9.17) is 0 Å². The smallest absolute Gasteiger partial charge is 0.282 e. The Balaban J connectivity index is 2.86. The summed E-state index contributed by atoms with van der Waals surface area (Å²) in [5.41, 5.74) is 2.02. The number of rotatable bonds is 6. The maximum absolute atomic E-state index is 11.9. The van der Waals surface area contributed by atoms with E-state index < -0.39 is 20.2 Å². The molecule has 2 aromatic rings. The molecule has 0 radical (unpaired) electrons. The van der Waals surface area contributed by atoms with Crippen LogP contribution >= 0.6 is 0 Å². The van der Waals surface area contributed by atoms with Crippen LogP contribution in [-0.2, 0) is 26.7 Å². The second-order valence-corrected chi connectivity index (χ2v) is 9.86. The van der Waals surface area contributed by atoms with Gasteiger partial charge in [0.1, 0.15) is 0 Å². The van der Waals surface area contributed by atoms with Gasteiger partial charge in [0.2, 0.25) is 0 Å². The Labute approximate surface area is 160 Å². The highest BCUT2D eigenvalue weighted by Crippen LogP contribution is 2.33. The Morgan fingerprint density at radius 1 is 0.704 bits per heavy atom. The van der Waals surface area contributed by atoms with Gasteiger partial charge < -0.3 is 0 Å². The lowest BCUT2D eigenvalue weighted by molar-refractivity contribution is 0.481. The SMILES string of the molecule is CC(C)c1cccc(S(=O)(=O)O)c1Cc1c(C(C)C)cccc1S(=O)(=O)O. The summed E-state index contributed by atoms with van der Waals surface area (Å²) in [6.45, 7) is 7.52. The second kappa shape index (κ2) is 7.71. The van der Waals surface area contributed by atoms with E-state index in [0.29, 0.717) is 22.3 Å². The van der Waals surface area contributed by atoms with Crippen molar-refractivity contribution in [1.29, 1.82) is 0 Å². The van der Waals surface area contributed by atoms with Gasteiger partial charge in [-0.15, -0.1) is 0 Å². The Kier molecular flexibility index (Phi) is 6.16. The molecule has 27 heavy (non-hydrogen) atoms. The quantitative estimate of drug-likeness (QED) is 0.694. The monoisotopic (exact) mass is 412 g/mol. The van der Waals surface area contributed by atoms with Crippen LogP contribution in [0.4, 0.5) is 0 Å². The van der Waals surface area contributed by atoms with Gasteiger partial charge in [0.05, 0.1) is 9.79 Å². The Morgan fingerprint density at radius 3 is 1.30 bits per heavy atom. The van der Waals surface area contributed by atoms with Gasteiger partial charge >= 0.3 is 0 Å². The molecule has 2 rings (SSSR count). The van der Waals surface area contributed by atoms with Crippen molar-refractivity contribution < 1.29 is 25.9 Å². The van der Waals surface area contributed by atoms with Gasteiger partial charge in [-0.05, 0) is 46.2 Å². The largest absolute Gasteiger partial charge is 0.294 e. The van der Waals surface area contributed by atoms with Crippen LogP contribution in [0.5, 0.6) is 0 Å². The van der Waals surface area contributed by atoms with Gasteiger partial charge in [-0.2, -0.15) is 16.8 Å². The van der Waals surface area contributed by atoms with Crippen LogP contribution in [0, 0.1) is 0 Å². The molecule has 2 aromatic carbocycles. The van der Waals surface area contributed by atoms with Gasteiger partial charge in [0.15, 0.2) is 0 Å². The van der Waals surface area contributed by atoms with E-state index in [1.165, 1.54) is 12.1 Å². The number of hydrogen-bond acceptors (Lipinski definition) is 4. The Hall–Kier alpha value is -1.74.